The predicted octanol–water partition coefficient (Wildman–Crippen LogP) is 1.18. The fraction of sp³-hybridized carbons (Fsp3) is 1.00. The zero-order valence-corrected chi connectivity index (χ0v) is 8.24. The number of hydrogen-bond acceptors (Lipinski definition) is 2. The molecule has 0 amide bonds. The van der Waals surface area contributed by atoms with Crippen molar-refractivity contribution in [1.29, 1.82) is 0 Å². The average Bonchev–Trinajstić information content (AvgIpc) is 2.11. The summed E-state index contributed by atoms with van der Waals surface area (Å²) in [6.45, 7) is 7.42. The van der Waals surface area contributed by atoms with Crippen LogP contribution in [-0.4, -0.2) is 23.8 Å². The third-order valence-corrected chi connectivity index (χ3v) is 2.12. The molecule has 1 heterocycles. The smallest absolute Gasteiger partial charge is 0.0710 e. The van der Waals surface area contributed by atoms with Crippen LogP contribution in [0.4, 0.5) is 0 Å². The van der Waals surface area contributed by atoms with Crippen molar-refractivity contribution in [3.8, 4) is 0 Å². The Balaban J connectivity index is 0.000001000. The number of aliphatic hydroxyl groups excluding tert-OH is 1. The van der Waals surface area contributed by atoms with E-state index in [9.17, 15) is 5.11 Å². The summed E-state index contributed by atoms with van der Waals surface area (Å²) in [5.41, 5.74) is 0.190. The molecule has 0 radical (unpaired) electrons. The molecule has 1 fully saturated rings. The highest BCUT2D eigenvalue weighted by Crippen LogP contribution is 2.25. The minimum absolute atomic E-state index is 0. The molecule has 3 heteroatoms. The SMILES string of the molecule is CC(C)(C)C1NCCC1O.Cl. The van der Waals surface area contributed by atoms with Crippen LogP contribution in [0.3, 0.4) is 0 Å². The van der Waals surface area contributed by atoms with Crippen LogP contribution in [0.2, 0.25) is 0 Å². The molecule has 1 rings (SSSR count). The van der Waals surface area contributed by atoms with Gasteiger partial charge in [0.25, 0.3) is 0 Å². The minimum Gasteiger partial charge on any atom is -0.391 e. The highest BCUT2D eigenvalue weighted by molar-refractivity contribution is 5.85. The topological polar surface area (TPSA) is 32.3 Å². The maximum atomic E-state index is 9.46. The summed E-state index contributed by atoms with van der Waals surface area (Å²) in [5, 5.41) is 12.8. The lowest BCUT2D eigenvalue weighted by atomic mass is 9.85. The van der Waals surface area contributed by atoms with Crippen molar-refractivity contribution in [2.75, 3.05) is 6.54 Å². The van der Waals surface area contributed by atoms with Crippen molar-refractivity contribution in [2.24, 2.45) is 5.41 Å². The first kappa shape index (κ1) is 11.2. The van der Waals surface area contributed by atoms with E-state index in [4.69, 9.17) is 0 Å². The largest absolute Gasteiger partial charge is 0.391 e. The van der Waals surface area contributed by atoms with Gasteiger partial charge in [0.1, 0.15) is 0 Å². The van der Waals surface area contributed by atoms with E-state index in [1.165, 1.54) is 0 Å². The van der Waals surface area contributed by atoms with E-state index in [1.54, 1.807) is 0 Å². The summed E-state index contributed by atoms with van der Waals surface area (Å²) < 4.78 is 0. The molecule has 11 heavy (non-hydrogen) atoms. The number of halogens is 1. The molecule has 2 unspecified atom stereocenters. The first-order valence-electron chi connectivity index (χ1n) is 3.93. The van der Waals surface area contributed by atoms with E-state index in [0.29, 0.717) is 0 Å². The Morgan fingerprint density at radius 3 is 2.09 bits per heavy atom. The van der Waals surface area contributed by atoms with Gasteiger partial charge in [0.15, 0.2) is 0 Å². The molecule has 2 nitrogen and oxygen atoms in total. The summed E-state index contributed by atoms with van der Waals surface area (Å²) in [6, 6.07) is 0.285. The molecule has 1 aliphatic heterocycles. The lowest BCUT2D eigenvalue weighted by Crippen LogP contribution is -2.41. The Bertz CT molecular complexity index is 122. The highest BCUT2D eigenvalue weighted by Gasteiger charge is 2.34. The Labute approximate surface area is 74.8 Å². The van der Waals surface area contributed by atoms with Gasteiger partial charge in [-0.1, -0.05) is 20.8 Å². The maximum absolute atomic E-state index is 9.46. The van der Waals surface area contributed by atoms with Crippen LogP contribution in [0.1, 0.15) is 27.2 Å². The van der Waals surface area contributed by atoms with Crippen molar-refractivity contribution in [1.82, 2.24) is 5.32 Å². The summed E-state index contributed by atoms with van der Waals surface area (Å²) in [5.74, 6) is 0. The zero-order valence-electron chi connectivity index (χ0n) is 7.42. The quantitative estimate of drug-likeness (QED) is 0.586. The van der Waals surface area contributed by atoms with Crippen LogP contribution in [0.5, 0.6) is 0 Å². The first-order chi connectivity index (χ1) is 4.52. The van der Waals surface area contributed by atoms with E-state index in [-0.39, 0.29) is 30.0 Å². The van der Waals surface area contributed by atoms with E-state index in [1.807, 2.05) is 0 Å². The Hall–Kier alpha value is 0.210. The Kier molecular flexibility index (Phi) is 3.82. The van der Waals surface area contributed by atoms with Gasteiger partial charge in [-0.15, -0.1) is 12.4 Å². The van der Waals surface area contributed by atoms with Crippen LogP contribution >= 0.6 is 12.4 Å². The molecule has 2 N–H and O–H groups in total. The molecule has 1 saturated heterocycles. The van der Waals surface area contributed by atoms with E-state index in [0.717, 1.165) is 13.0 Å². The van der Waals surface area contributed by atoms with Crippen LogP contribution in [0.25, 0.3) is 0 Å². The number of hydrogen-bond donors (Lipinski definition) is 2. The third-order valence-electron chi connectivity index (χ3n) is 2.12. The summed E-state index contributed by atoms with van der Waals surface area (Å²) in [4.78, 5) is 0. The van der Waals surface area contributed by atoms with Gasteiger partial charge < -0.3 is 10.4 Å². The molecule has 0 aromatic heterocycles. The molecule has 2 atom stereocenters. The first-order valence-corrected chi connectivity index (χ1v) is 3.93. The van der Waals surface area contributed by atoms with Crippen LogP contribution < -0.4 is 5.32 Å². The van der Waals surface area contributed by atoms with Gasteiger partial charge in [-0.2, -0.15) is 0 Å². The van der Waals surface area contributed by atoms with Gasteiger partial charge in [0.2, 0.25) is 0 Å². The lowest BCUT2D eigenvalue weighted by Gasteiger charge is -2.29. The second-order valence-corrected chi connectivity index (χ2v) is 4.15. The van der Waals surface area contributed by atoms with Gasteiger partial charge >= 0.3 is 0 Å². The lowest BCUT2D eigenvalue weighted by molar-refractivity contribution is 0.105. The van der Waals surface area contributed by atoms with Gasteiger partial charge in [0.05, 0.1) is 6.10 Å². The van der Waals surface area contributed by atoms with Gasteiger partial charge in [-0.25, -0.2) is 0 Å². The van der Waals surface area contributed by atoms with Crippen LogP contribution in [0, 0.1) is 5.41 Å². The fourth-order valence-corrected chi connectivity index (χ4v) is 1.57. The molecular weight excluding hydrogens is 162 g/mol. The zero-order chi connectivity index (χ0) is 7.78. The maximum Gasteiger partial charge on any atom is 0.0710 e. The van der Waals surface area contributed by atoms with Gasteiger partial charge in [-0.3, -0.25) is 0 Å². The molecule has 0 saturated carbocycles. The second-order valence-electron chi connectivity index (χ2n) is 4.15. The van der Waals surface area contributed by atoms with Crippen molar-refractivity contribution in [3.05, 3.63) is 0 Å². The van der Waals surface area contributed by atoms with Crippen molar-refractivity contribution in [3.63, 3.8) is 0 Å². The van der Waals surface area contributed by atoms with Crippen molar-refractivity contribution < 1.29 is 5.11 Å². The summed E-state index contributed by atoms with van der Waals surface area (Å²) >= 11 is 0. The van der Waals surface area contributed by atoms with Crippen molar-refractivity contribution in [2.45, 2.75) is 39.3 Å². The van der Waals surface area contributed by atoms with Gasteiger partial charge in [0, 0.05) is 6.04 Å². The normalized spacial score (nSPS) is 31.6. The molecule has 1 aliphatic rings. The predicted molar refractivity (Wildman–Crippen MR) is 49.1 cm³/mol. The highest BCUT2D eigenvalue weighted by atomic mass is 35.5. The monoisotopic (exact) mass is 179 g/mol. The molecule has 68 valence electrons. The molecule has 0 aromatic carbocycles. The summed E-state index contributed by atoms with van der Waals surface area (Å²) in [7, 11) is 0. The second kappa shape index (κ2) is 3.74. The number of rotatable bonds is 0. The van der Waals surface area contributed by atoms with Gasteiger partial charge in [-0.05, 0) is 18.4 Å². The fourth-order valence-electron chi connectivity index (χ4n) is 1.57. The third kappa shape index (κ3) is 2.62. The Morgan fingerprint density at radius 2 is 1.91 bits per heavy atom. The average molecular weight is 180 g/mol. The van der Waals surface area contributed by atoms with E-state index in [2.05, 4.69) is 26.1 Å². The minimum atomic E-state index is -0.139. The van der Waals surface area contributed by atoms with Crippen LogP contribution in [-0.2, 0) is 0 Å². The van der Waals surface area contributed by atoms with Crippen LogP contribution in [0.15, 0.2) is 0 Å². The van der Waals surface area contributed by atoms with E-state index >= 15 is 0 Å². The molecular formula is C8H18ClNO. The molecule has 0 aromatic rings. The summed E-state index contributed by atoms with van der Waals surface area (Å²) in [6.07, 6.45) is 0.766. The van der Waals surface area contributed by atoms with E-state index < -0.39 is 0 Å². The number of aliphatic hydroxyl groups is 1. The molecule has 0 spiro atoms. The van der Waals surface area contributed by atoms with Crippen molar-refractivity contribution >= 4 is 12.4 Å². The molecule has 0 bridgehead atoms. The standard InChI is InChI=1S/C8H17NO.ClH/c1-8(2,3)7-6(10)4-5-9-7;/h6-7,9-10H,4-5H2,1-3H3;1H. The number of nitrogens with one attached hydrogen (secondary N) is 1. The Morgan fingerprint density at radius 1 is 1.36 bits per heavy atom. The molecule has 0 aliphatic carbocycles.